The van der Waals surface area contributed by atoms with Crippen LogP contribution in [0.5, 0.6) is 0 Å². The molecule has 4 fully saturated rings. The van der Waals surface area contributed by atoms with Crippen molar-refractivity contribution in [3.8, 4) is 0 Å². The molecule has 30 heavy (non-hydrogen) atoms. The molecule has 0 spiro atoms. The third-order valence-electron chi connectivity index (χ3n) is 8.91. The fourth-order valence-corrected chi connectivity index (χ4v) is 15.5. The van der Waals surface area contributed by atoms with Gasteiger partial charge >= 0.3 is 0 Å². The lowest BCUT2D eigenvalue weighted by atomic mass is 10.0. The third kappa shape index (κ3) is 6.02. The lowest BCUT2D eigenvalue weighted by Crippen LogP contribution is -2.44. The molecule has 4 aliphatic rings. The molecule has 2 nitrogen and oxygen atoms in total. The van der Waals surface area contributed by atoms with Crippen molar-refractivity contribution in [2.75, 3.05) is 0 Å². The van der Waals surface area contributed by atoms with E-state index in [1.807, 2.05) is 0 Å². The van der Waals surface area contributed by atoms with Gasteiger partial charge in [0.2, 0.25) is 0 Å². The number of hydrogen-bond acceptors (Lipinski definition) is 2. The molecule has 7 atom stereocenters. The summed E-state index contributed by atoms with van der Waals surface area (Å²) in [5, 5.41) is 0. The van der Waals surface area contributed by atoms with Gasteiger partial charge in [-0.3, -0.25) is 0 Å². The van der Waals surface area contributed by atoms with E-state index in [-0.39, 0.29) is 5.60 Å². The van der Waals surface area contributed by atoms with Crippen molar-refractivity contribution in [1.82, 2.24) is 0 Å². The Morgan fingerprint density at radius 1 is 0.767 bits per heavy atom. The minimum absolute atomic E-state index is 0.0531. The van der Waals surface area contributed by atoms with E-state index in [4.69, 9.17) is 8.85 Å². The highest BCUT2D eigenvalue weighted by molar-refractivity contribution is 6.73. The summed E-state index contributed by atoms with van der Waals surface area (Å²) in [6.07, 6.45) is 13.6. The quantitative estimate of drug-likeness (QED) is 0.377. The van der Waals surface area contributed by atoms with Gasteiger partial charge in [-0.2, -0.15) is 0 Å². The maximum absolute atomic E-state index is 6.40. The van der Waals surface area contributed by atoms with E-state index < -0.39 is 16.6 Å². The van der Waals surface area contributed by atoms with Crippen molar-refractivity contribution in [3.05, 3.63) is 0 Å². The molecule has 0 aromatic heterocycles. The van der Waals surface area contributed by atoms with Crippen LogP contribution in [0.1, 0.15) is 92.4 Å². The molecule has 4 heteroatoms. The molecule has 4 saturated carbocycles. The van der Waals surface area contributed by atoms with Crippen LogP contribution in [-0.4, -0.2) is 28.3 Å². The number of hydrogen-bond donors (Lipinski definition) is 0. The normalized spacial score (nSPS) is 36.7. The Balaban J connectivity index is 0.000000171. The average molecular weight is 453 g/mol. The van der Waals surface area contributed by atoms with E-state index in [1.165, 1.54) is 51.4 Å². The highest BCUT2D eigenvalue weighted by atomic mass is 28.4. The van der Waals surface area contributed by atoms with Gasteiger partial charge in [0.25, 0.3) is 0 Å². The topological polar surface area (TPSA) is 18.5 Å². The first-order valence-electron chi connectivity index (χ1n) is 13.2. The van der Waals surface area contributed by atoms with E-state index in [0.717, 1.165) is 41.2 Å². The first-order chi connectivity index (χ1) is 13.8. The SMILES string of the molecule is CC(C)(C)O[Si](C)(C)C1CC2CCC1C2.CCC(C)O[Si](C)(C)C1CC2CCC1C2. The zero-order valence-electron chi connectivity index (χ0n) is 21.7. The molecule has 0 saturated heterocycles. The second-order valence-corrected chi connectivity index (χ2v) is 21.7. The molecule has 4 bridgehead atoms. The fourth-order valence-electron chi connectivity index (χ4n) is 7.75. The first kappa shape index (κ1) is 25.0. The Bertz CT molecular complexity index is 568. The smallest absolute Gasteiger partial charge is 0.190 e. The zero-order valence-corrected chi connectivity index (χ0v) is 23.7. The maximum atomic E-state index is 6.40. The summed E-state index contributed by atoms with van der Waals surface area (Å²) < 4.78 is 12.8. The molecule has 0 N–H and O–H groups in total. The van der Waals surface area contributed by atoms with Crippen LogP contribution < -0.4 is 0 Å². The monoisotopic (exact) mass is 452 g/mol. The fraction of sp³-hybridized carbons (Fsp3) is 1.00. The highest BCUT2D eigenvalue weighted by Crippen LogP contribution is 2.56. The Labute approximate surface area is 190 Å². The van der Waals surface area contributed by atoms with Crippen LogP contribution >= 0.6 is 0 Å². The molecule has 4 aliphatic carbocycles. The lowest BCUT2D eigenvalue weighted by molar-refractivity contribution is 0.113. The van der Waals surface area contributed by atoms with Crippen molar-refractivity contribution in [1.29, 1.82) is 0 Å². The van der Waals surface area contributed by atoms with Crippen LogP contribution in [0.4, 0.5) is 0 Å². The van der Waals surface area contributed by atoms with Crippen molar-refractivity contribution < 1.29 is 8.85 Å². The molecule has 0 radical (unpaired) electrons. The van der Waals surface area contributed by atoms with Gasteiger partial charge in [-0.15, -0.1) is 0 Å². The summed E-state index contributed by atoms with van der Waals surface area (Å²) >= 11 is 0. The van der Waals surface area contributed by atoms with E-state index >= 15 is 0 Å². The molecular weight excluding hydrogens is 400 g/mol. The summed E-state index contributed by atoms with van der Waals surface area (Å²) in [6.45, 7) is 20.8. The van der Waals surface area contributed by atoms with Gasteiger partial charge < -0.3 is 8.85 Å². The molecule has 0 heterocycles. The first-order valence-corrected chi connectivity index (χ1v) is 19.2. The van der Waals surface area contributed by atoms with E-state index in [2.05, 4.69) is 60.8 Å². The Morgan fingerprint density at radius 2 is 1.23 bits per heavy atom. The van der Waals surface area contributed by atoms with Gasteiger partial charge in [0.1, 0.15) is 0 Å². The molecule has 7 unspecified atom stereocenters. The van der Waals surface area contributed by atoms with Gasteiger partial charge in [-0.05, 0) is 121 Å². The molecule has 0 amide bonds. The minimum Gasteiger partial charge on any atom is -0.414 e. The van der Waals surface area contributed by atoms with Crippen molar-refractivity contribution >= 4 is 16.6 Å². The summed E-state index contributed by atoms with van der Waals surface area (Å²) in [5.41, 5.74) is 1.96. The highest BCUT2D eigenvalue weighted by Gasteiger charge is 2.50. The van der Waals surface area contributed by atoms with Crippen molar-refractivity contribution in [2.24, 2.45) is 23.7 Å². The van der Waals surface area contributed by atoms with Crippen LogP contribution in [0, 0.1) is 23.7 Å². The van der Waals surface area contributed by atoms with Crippen LogP contribution in [0.15, 0.2) is 0 Å². The molecular formula is C26H52O2Si2. The summed E-state index contributed by atoms with van der Waals surface area (Å²) in [7, 11) is -2.87. The minimum atomic E-state index is -1.46. The van der Waals surface area contributed by atoms with Crippen LogP contribution in [0.2, 0.25) is 37.3 Å². The summed E-state index contributed by atoms with van der Waals surface area (Å²) in [5.74, 6) is 4.15. The van der Waals surface area contributed by atoms with Gasteiger partial charge in [0.05, 0.1) is 0 Å². The van der Waals surface area contributed by atoms with Gasteiger partial charge in [0, 0.05) is 11.7 Å². The third-order valence-corrected chi connectivity index (χ3v) is 16.0. The van der Waals surface area contributed by atoms with Crippen molar-refractivity contribution in [3.63, 3.8) is 0 Å². The van der Waals surface area contributed by atoms with Crippen LogP contribution in [0.3, 0.4) is 0 Å². The molecule has 0 aliphatic heterocycles. The van der Waals surface area contributed by atoms with Gasteiger partial charge in [-0.25, -0.2) is 0 Å². The van der Waals surface area contributed by atoms with E-state index in [9.17, 15) is 0 Å². The molecule has 0 aromatic rings. The van der Waals surface area contributed by atoms with E-state index in [0.29, 0.717) is 6.10 Å². The predicted molar refractivity (Wildman–Crippen MR) is 135 cm³/mol. The lowest BCUT2D eigenvalue weighted by Gasteiger charge is -2.40. The van der Waals surface area contributed by atoms with Crippen molar-refractivity contribution in [2.45, 2.75) is 141 Å². The van der Waals surface area contributed by atoms with E-state index in [1.54, 1.807) is 0 Å². The van der Waals surface area contributed by atoms with Gasteiger partial charge in [-0.1, -0.05) is 32.6 Å². The average Bonchev–Trinajstić information content (AvgIpc) is 3.40. The van der Waals surface area contributed by atoms with Crippen LogP contribution in [-0.2, 0) is 8.85 Å². The Hall–Kier alpha value is 0.354. The Morgan fingerprint density at radius 3 is 1.57 bits per heavy atom. The number of fused-ring (bicyclic) bond motifs is 4. The number of rotatable bonds is 6. The maximum Gasteiger partial charge on any atom is 0.190 e. The largest absolute Gasteiger partial charge is 0.414 e. The summed E-state index contributed by atoms with van der Waals surface area (Å²) in [4.78, 5) is 0. The molecule has 4 rings (SSSR count). The van der Waals surface area contributed by atoms with Crippen LogP contribution in [0.25, 0.3) is 0 Å². The zero-order chi connectivity index (χ0) is 22.3. The molecule has 0 aromatic carbocycles. The Kier molecular flexibility index (Phi) is 7.75. The second kappa shape index (κ2) is 9.31. The molecule has 176 valence electrons. The summed E-state index contributed by atoms with van der Waals surface area (Å²) in [6, 6.07) is 0. The second-order valence-electron chi connectivity index (χ2n) is 13.3. The predicted octanol–water partition coefficient (Wildman–Crippen LogP) is 8.39. The standard InChI is InChI=1S/2C13H26OSi/c1-13(2,3)14-15(4,5)12-9-10-6-7-11(12)8-10;1-5-10(2)14-15(3,4)13-9-11-6-7-12(13)8-11/h10-12H,6-9H2,1-5H3;10-13H,5-9H2,1-4H3. The van der Waals surface area contributed by atoms with Gasteiger partial charge in [0.15, 0.2) is 16.6 Å².